The Kier molecular flexibility index (Phi) is 5.48. The second-order valence-corrected chi connectivity index (χ2v) is 10.1. The number of carbonyl (C=O) groups is 2. The summed E-state index contributed by atoms with van der Waals surface area (Å²) in [6.07, 6.45) is 5.96. The molecule has 1 amide bonds. The van der Waals surface area contributed by atoms with Gasteiger partial charge in [-0.25, -0.2) is 13.2 Å². The molecule has 1 saturated heterocycles. The number of rotatable bonds is 4. The summed E-state index contributed by atoms with van der Waals surface area (Å²) in [5, 5.41) is 0. The van der Waals surface area contributed by atoms with Gasteiger partial charge in [0, 0.05) is 18.0 Å². The molecule has 25 heavy (non-hydrogen) atoms. The quantitative estimate of drug-likeness (QED) is 0.583. The molecule has 1 atom stereocenters. The van der Waals surface area contributed by atoms with Crippen molar-refractivity contribution in [2.45, 2.75) is 44.6 Å². The van der Waals surface area contributed by atoms with E-state index in [2.05, 4.69) is 0 Å². The molecule has 2 heterocycles. The van der Waals surface area contributed by atoms with Crippen molar-refractivity contribution < 1.29 is 22.7 Å². The third kappa shape index (κ3) is 4.41. The zero-order chi connectivity index (χ0) is 18.0. The van der Waals surface area contributed by atoms with Crippen LogP contribution in [0.2, 0.25) is 0 Å². The van der Waals surface area contributed by atoms with E-state index in [0.29, 0.717) is 11.3 Å². The van der Waals surface area contributed by atoms with E-state index in [1.54, 1.807) is 7.05 Å². The first-order chi connectivity index (χ1) is 11.9. The number of ether oxygens (including phenoxy) is 1. The SMILES string of the molecule is CN(C(=O)COC(=O)c1cc2c(s1)CCCCC2)[C@H]1CCS(=O)(=O)C1. The van der Waals surface area contributed by atoms with E-state index in [-0.39, 0.29) is 30.1 Å². The fourth-order valence-electron chi connectivity index (χ4n) is 3.35. The van der Waals surface area contributed by atoms with E-state index in [0.717, 1.165) is 25.7 Å². The van der Waals surface area contributed by atoms with Crippen LogP contribution in [0, 0.1) is 0 Å². The molecule has 2 aliphatic rings. The van der Waals surface area contributed by atoms with Gasteiger partial charge in [0.15, 0.2) is 16.4 Å². The van der Waals surface area contributed by atoms with Gasteiger partial charge in [-0.1, -0.05) is 6.42 Å². The van der Waals surface area contributed by atoms with Crippen LogP contribution in [0.4, 0.5) is 0 Å². The highest BCUT2D eigenvalue weighted by Gasteiger charge is 2.33. The second-order valence-electron chi connectivity index (χ2n) is 6.76. The molecule has 8 heteroatoms. The highest BCUT2D eigenvalue weighted by atomic mass is 32.2. The van der Waals surface area contributed by atoms with Crippen LogP contribution in [0.1, 0.15) is 45.8 Å². The lowest BCUT2D eigenvalue weighted by molar-refractivity contribution is -0.134. The zero-order valence-electron chi connectivity index (χ0n) is 14.3. The fraction of sp³-hybridized carbons (Fsp3) is 0.647. The lowest BCUT2D eigenvalue weighted by atomic mass is 10.1. The Labute approximate surface area is 152 Å². The van der Waals surface area contributed by atoms with Gasteiger partial charge in [-0.2, -0.15) is 0 Å². The molecule has 0 spiro atoms. The van der Waals surface area contributed by atoms with Crippen LogP contribution in [0.15, 0.2) is 6.07 Å². The molecule has 0 bridgehead atoms. The summed E-state index contributed by atoms with van der Waals surface area (Å²) in [6.45, 7) is -0.353. The predicted octanol–water partition coefficient (Wildman–Crippen LogP) is 1.82. The van der Waals surface area contributed by atoms with Crippen LogP contribution in [-0.4, -0.2) is 56.4 Å². The van der Waals surface area contributed by atoms with Gasteiger partial charge in [-0.05, 0) is 43.7 Å². The highest BCUT2D eigenvalue weighted by Crippen LogP contribution is 2.29. The van der Waals surface area contributed by atoms with Crippen LogP contribution in [-0.2, 0) is 32.2 Å². The number of aryl methyl sites for hydroxylation is 2. The van der Waals surface area contributed by atoms with Crippen LogP contribution in [0.3, 0.4) is 0 Å². The van der Waals surface area contributed by atoms with E-state index in [4.69, 9.17) is 4.74 Å². The summed E-state index contributed by atoms with van der Waals surface area (Å²) < 4.78 is 28.2. The summed E-state index contributed by atoms with van der Waals surface area (Å²) >= 11 is 1.46. The van der Waals surface area contributed by atoms with Gasteiger partial charge in [-0.15, -0.1) is 11.3 Å². The van der Waals surface area contributed by atoms with Crippen molar-refractivity contribution in [3.63, 3.8) is 0 Å². The number of amides is 1. The van der Waals surface area contributed by atoms with Gasteiger partial charge in [0.25, 0.3) is 5.91 Å². The maximum Gasteiger partial charge on any atom is 0.348 e. The topological polar surface area (TPSA) is 80.8 Å². The number of likely N-dealkylation sites (N-methyl/N-ethyl adjacent to an activating group) is 1. The molecule has 1 aliphatic carbocycles. The van der Waals surface area contributed by atoms with Crippen LogP contribution < -0.4 is 0 Å². The van der Waals surface area contributed by atoms with Gasteiger partial charge in [0.05, 0.1) is 11.5 Å². The largest absolute Gasteiger partial charge is 0.451 e. The summed E-state index contributed by atoms with van der Waals surface area (Å²) in [5.74, 6) is -0.746. The first-order valence-electron chi connectivity index (χ1n) is 8.60. The second kappa shape index (κ2) is 7.45. The Morgan fingerprint density at radius 3 is 2.76 bits per heavy atom. The molecule has 0 radical (unpaired) electrons. The standard InChI is InChI=1S/C17H23NO5S2/c1-18(13-7-8-25(21,22)11-13)16(19)10-23-17(20)15-9-12-5-3-2-4-6-14(12)24-15/h9,13H,2-8,10-11H2,1H3/t13-/m0/s1. The van der Waals surface area contributed by atoms with Gasteiger partial charge >= 0.3 is 5.97 Å². The molecule has 0 aromatic carbocycles. The number of thiophene rings is 1. The number of esters is 1. The average Bonchev–Trinajstić information content (AvgIpc) is 3.08. The summed E-state index contributed by atoms with van der Waals surface area (Å²) in [6, 6.07) is 1.57. The fourth-order valence-corrected chi connectivity index (χ4v) is 6.27. The molecule has 1 aromatic heterocycles. The van der Waals surface area contributed by atoms with Crippen molar-refractivity contribution in [2.75, 3.05) is 25.2 Å². The molecule has 0 N–H and O–H groups in total. The maximum atomic E-state index is 12.2. The Balaban J connectivity index is 1.54. The monoisotopic (exact) mass is 385 g/mol. The van der Waals surface area contributed by atoms with Crippen LogP contribution in [0.5, 0.6) is 0 Å². The lowest BCUT2D eigenvalue weighted by Crippen LogP contribution is -2.40. The van der Waals surface area contributed by atoms with Crippen molar-refractivity contribution >= 4 is 33.1 Å². The van der Waals surface area contributed by atoms with E-state index in [1.807, 2.05) is 6.07 Å². The van der Waals surface area contributed by atoms with Gasteiger partial charge < -0.3 is 9.64 Å². The minimum atomic E-state index is -3.05. The predicted molar refractivity (Wildman–Crippen MR) is 95.7 cm³/mol. The van der Waals surface area contributed by atoms with Gasteiger partial charge in [0.2, 0.25) is 0 Å². The zero-order valence-corrected chi connectivity index (χ0v) is 16.0. The summed E-state index contributed by atoms with van der Waals surface area (Å²) in [7, 11) is -1.49. The molecular formula is C17H23NO5S2. The number of fused-ring (bicyclic) bond motifs is 1. The Hall–Kier alpha value is -1.41. The molecule has 1 aliphatic heterocycles. The number of hydrogen-bond acceptors (Lipinski definition) is 6. The number of nitrogens with zero attached hydrogens (tertiary/aromatic N) is 1. The van der Waals surface area contributed by atoms with E-state index in [1.165, 1.54) is 33.1 Å². The molecule has 1 fully saturated rings. The van der Waals surface area contributed by atoms with Crippen molar-refractivity contribution in [3.05, 3.63) is 21.4 Å². The van der Waals surface area contributed by atoms with E-state index < -0.39 is 15.8 Å². The minimum Gasteiger partial charge on any atom is -0.451 e. The Morgan fingerprint density at radius 1 is 1.28 bits per heavy atom. The van der Waals surface area contributed by atoms with E-state index >= 15 is 0 Å². The van der Waals surface area contributed by atoms with Crippen LogP contribution >= 0.6 is 11.3 Å². The molecule has 138 valence electrons. The van der Waals surface area contributed by atoms with Gasteiger partial charge in [-0.3, -0.25) is 4.79 Å². The van der Waals surface area contributed by atoms with E-state index in [9.17, 15) is 18.0 Å². The lowest BCUT2D eigenvalue weighted by Gasteiger charge is -2.23. The summed E-state index contributed by atoms with van der Waals surface area (Å²) in [5.41, 5.74) is 1.23. The third-order valence-corrected chi connectivity index (χ3v) is 7.89. The van der Waals surface area contributed by atoms with Crippen LogP contribution in [0.25, 0.3) is 0 Å². The molecule has 3 rings (SSSR count). The third-order valence-electron chi connectivity index (χ3n) is 4.92. The number of carbonyl (C=O) groups excluding carboxylic acids is 2. The number of hydrogen-bond donors (Lipinski definition) is 0. The van der Waals surface area contributed by atoms with Crippen molar-refractivity contribution in [3.8, 4) is 0 Å². The van der Waals surface area contributed by atoms with Crippen molar-refractivity contribution in [2.24, 2.45) is 0 Å². The Bertz CT molecular complexity index is 745. The first-order valence-corrected chi connectivity index (χ1v) is 11.2. The van der Waals surface area contributed by atoms with Crippen molar-refractivity contribution in [1.82, 2.24) is 4.90 Å². The molecule has 0 unspecified atom stereocenters. The minimum absolute atomic E-state index is 0.0131. The highest BCUT2D eigenvalue weighted by molar-refractivity contribution is 7.91. The summed E-state index contributed by atoms with van der Waals surface area (Å²) in [4.78, 5) is 27.6. The van der Waals surface area contributed by atoms with Crippen molar-refractivity contribution in [1.29, 1.82) is 0 Å². The smallest absolute Gasteiger partial charge is 0.348 e. The Morgan fingerprint density at radius 2 is 2.04 bits per heavy atom. The maximum absolute atomic E-state index is 12.2. The number of sulfone groups is 1. The molecule has 1 aromatic rings. The molecule has 0 saturated carbocycles. The molecular weight excluding hydrogens is 362 g/mol. The normalized spacial score (nSPS) is 22.0. The molecule has 6 nitrogen and oxygen atoms in total. The van der Waals surface area contributed by atoms with Gasteiger partial charge in [0.1, 0.15) is 4.88 Å². The average molecular weight is 386 g/mol. The first kappa shape index (κ1) is 18.4.